The highest BCUT2D eigenvalue weighted by Gasteiger charge is 2.24. The van der Waals surface area contributed by atoms with E-state index in [2.05, 4.69) is 73.9 Å². The van der Waals surface area contributed by atoms with Crippen LogP contribution >= 0.6 is 15.9 Å². The van der Waals surface area contributed by atoms with Gasteiger partial charge in [-0.25, -0.2) is 0 Å². The summed E-state index contributed by atoms with van der Waals surface area (Å²) in [4.78, 5) is 28.8. The van der Waals surface area contributed by atoms with Crippen molar-refractivity contribution in [3.05, 3.63) is 130 Å². The lowest BCUT2D eigenvalue weighted by atomic mass is 9.89. The number of halogens is 1. The summed E-state index contributed by atoms with van der Waals surface area (Å²) in [6, 6.07) is 33.8. The van der Waals surface area contributed by atoms with Crippen LogP contribution in [-0.4, -0.2) is 31.4 Å². The van der Waals surface area contributed by atoms with Gasteiger partial charge < -0.3 is 15.5 Å². The molecule has 0 bridgehead atoms. The molecule has 0 saturated carbocycles. The van der Waals surface area contributed by atoms with E-state index in [4.69, 9.17) is 0 Å². The monoisotopic (exact) mass is 595 g/mol. The molecule has 4 aromatic rings. The minimum absolute atomic E-state index is 0.130. The zero-order valence-corrected chi connectivity index (χ0v) is 24.1. The van der Waals surface area contributed by atoms with Crippen molar-refractivity contribution in [1.29, 1.82) is 0 Å². The van der Waals surface area contributed by atoms with Crippen molar-refractivity contribution in [3.8, 4) is 0 Å². The maximum Gasteiger partial charge on any atom is 0.256 e. The van der Waals surface area contributed by atoms with Gasteiger partial charge in [-0.3, -0.25) is 9.59 Å². The van der Waals surface area contributed by atoms with Crippen LogP contribution in [0, 0.1) is 5.92 Å². The van der Waals surface area contributed by atoms with E-state index in [1.807, 2.05) is 48.5 Å². The highest BCUT2D eigenvalue weighted by atomic mass is 79.9. The number of piperidine rings is 1. The average Bonchev–Trinajstić information content (AvgIpc) is 2.99. The number of carbonyl (C=O) groups excluding carboxylic acids is 2. The van der Waals surface area contributed by atoms with Gasteiger partial charge in [0.05, 0.1) is 11.1 Å². The van der Waals surface area contributed by atoms with Crippen LogP contribution in [0.5, 0.6) is 0 Å². The summed E-state index contributed by atoms with van der Waals surface area (Å²) in [5.41, 5.74) is 5.19. The van der Waals surface area contributed by atoms with E-state index < -0.39 is 0 Å². The van der Waals surface area contributed by atoms with Gasteiger partial charge in [0.25, 0.3) is 11.8 Å². The van der Waals surface area contributed by atoms with Crippen LogP contribution in [-0.2, 0) is 12.8 Å². The van der Waals surface area contributed by atoms with Crippen LogP contribution < -0.4 is 15.5 Å². The Morgan fingerprint density at radius 1 is 0.750 bits per heavy atom. The first-order valence-corrected chi connectivity index (χ1v) is 14.7. The predicted octanol–water partition coefficient (Wildman–Crippen LogP) is 7.13. The van der Waals surface area contributed by atoms with Gasteiger partial charge in [0.15, 0.2) is 0 Å². The molecule has 2 amide bonds. The fraction of sp³-hybridized carbons (Fsp3) is 0.235. The lowest BCUT2D eigenvalue weighted by molar-refractivity contribution is 0.0953. The largest absolute Gasteiger partial charge is 0.371 e. The Bertz CT molecular complexity index is 1430. The number of carbonyl (C=O) groups is 2. The third-order valence-corrected chi connectivity index (χ3v) is 8.17. The second-order valence-electron chi connectivity index (χ2n) is 10.3. The number of benzene rings is 4. The molecular formula is C34H34BrN3O2. The molecule has 0 unspecified atom stereocenters. The summed E-state index contributed by atoms with van der Waals surface area (Å²) in [6.07, 6.45) is 3.99. The van der Waals surface area contributed by atoms with Crippen LogP contribution in [0.3, 0.4) is 0 Å². The molecule has 5 nitrogen and oxygen atoms in total. The third-order valence-electron chi connectivity index (χ3n) is 7.48. The van der Waals surface area contributed by atoms with Gasteiger partial charge in [-0.1, -0.05) is 72.8 Å². The molecule has 6 heteroatoms. The van der Waals surface area contributed by atoms with Gasteiger partial charge in [0.1, 0.15) is 0 Å². The number of rotatable bonds is 9. The molecular weight excluding hydrogens is 562 g/mol. The van der Waals surface area contributed by atoms with E-state index in [9.17, 15) is 9.59 Å². The lowest BCUT2D eigenvalue weighted by Crippen LogP contribution is -2.36. The molecule has 0 aromatic heterocycles. The molecule has 0 aliphatic carbocycles. The first kappa shape index (κ1) is 27.7. The Labute approximate surface area is 244 Å². The SMILES string of the molecule is O=C(Nc1ccc(N2CCC(Cc3ccccc3)CC2)c(C(=O)NCCc2ccccc2)c1)c1ccccc1Br. The predicted molar refractivity (Wildman–Crippen MR) is 166 cm³/mol. The molecule has 40 heavy (non-hydrogen) atoms. The molecule has 1 aliphatic rings. The smallest absolute Gasteiger partial charge is 0.256 e. The van der Waals surface area contributed by atoms with Crippen molar-refractivity contribution in [3.63, 3.8) is 0 Å². The molecule has 2 N–H and O–H groups in total. The van der Waals surface area contributed by atoms with Gasteiger partial charge in [-0.2, -0.15) is 0 Å². The van der Waals surface area contributed by atoms with Crippen molar-refractivity contribution in [2.75, 3.05) is 29.9 Å². The second-order valence-corrected chi connectivity index (χ2v) is 11.1. The Morgan fingerprint density at radius 2 is 1.40 bits per heavy atom. The molecule has 1 aliphatic heterocycles. The van der Waals surface area contributed by atoms with Gasteiger partial charge >= 0.3 is 0 Å². The van der Waals surface area contributed by atoms with Crippen LogP contribution in [0.2, 0.25) is 0 Å². The van der Waals surface area contributed by atoms with Crippen molar-refractivity contribution in [1.82, 2.24) is 5.32 Å². The highest BCUT2D eigenvalue weighted by Crippen LogP contribution is 2.30. The molecule has 5 rings (SSSR count). The summed E-state index contributed by atoms with van der Waals surface area (Å²) < 4.78 is 0.723. The lowest BCUT2D eigenvalue weighted by Gasteiger charge is -2.35. The van der Waals surface area contributed by atoms with E-state index in [-0.39, 0.29) is 11.8 Å². The molecule has 0 atom stereocenters. The van der Waals surface area contributed by atoms with Crippen molar-refractivity contribution in [2.45, 2.75) is 25.7 Å². The Balaban J connectivity index is 1.31. The standard InChI is InChI=1S/C34H34BrN3O2/c35-31-14-8-7-13-29(31)34(40)37-28-15-16-32(30(24-28)33(39)36-20-17-25-9-3-1-4-10-25)38-21-18-27(19-22-38)23-26-11-5-2-6-12-26/h1-16,24,27H,17-23H2,(H,36,39)(H,37,40). The number of nitrogens with zero attached hydrogens (tertiary/aromatic N) is 1. The Hall–Kier alpha value is -3.90. The van der Waals surface area contributed by atoms with E-state index >= 15 is 0 Å². The fourth-order valence-electron chi connectivity index (χ4n) is 5.30. The summed E-state index contributed by atoms with van der Waals surface area (Å²) in [6.45, 7) is 2.32. The van der Waals surface area contributed by atoms with Gasteiger partial charge in [-0.05, 0) is 89.0 Å². The third kappa shape index (κ3) is 7.19. The molecule has 1 heterocycles. The first-order chi connectivity index (χ1) is 19.6. The van der Waals surface area contributed by atoms with Crippen LogP contribution in [0.15, 0.2) is 108 Å². The average molecular weight is 597 g/mol. The molecule has 1 saturated heterocycles. The minimum atomic E-state index is -0.225. The maximum absolute atomic E-state index is 13.5. The molecule has 0 radical (unpaired) electrons. The second kappa shape index (κ2) is 13.4. The van der Waals surface area contributed by atoms with E-state index in [1.54, 1.807) is 12.1 Å². The number of amides is 2. The molecule has 0 spiro atoms. The zero-order valence-electron chi connectivity index (χ0n) is 22.5. The van der Waals surface area contributed by atoms with Gasteiger partial charge in [0.2, 0.25) is 0 Å². The van der Waals surface area contributed by atoms with Crippen LogP contribution in [0.25, 0.3) is 0 Å². The molecule has 204 valence electrons. The summed E-state index contributed by atoms with van der Waals surface area (Å²) in [5.74, 6) is 0.274. The normalized spacial score (nSPS) is 13.6. The Morgan fingerprint density at radius 3 is 2.10 bits per heavy atom. The van der Waals surface area contributed by atoms with E-state index in [0.29, 0.717) is 29.3 Å². The van der Waals surface area contributed by atoms with Gasteiger partial charge in [0, 0.05) is 35.5 Å². The van der Waals surface area contributed by atoms with Crippen molar-refractivity contribution in [2.24, 2.45) is 5.92 Å². The van der Waals surface area contributed by atoms with E-state index in [0.717, 1.165) is 48.9 Å². The topological polar surface area (TPSA) is 61.4 Å². The highest BCUT2D eigenvalue weighted by molar-refractivity contribution is 9.10. The van der Waals surface area contributed by atoms with Crippen molar-refractivity contribution >= 4 is 39.1 Å². The minimum Gasteiger partial charge on any atom is -0.371 e. The number of anilines is 2. The van der Waals surface area contributed by atoms with Crippen molar-refractivity contribution < 1.29 is 9.59 Å². The summed E-state index contributed by atoms with van der Waals surface area (Å²) in [7, 11) is 0. The molecule has 1 fully saturated rings. The maximum atomic E-state index is 13.5. The quantitative estimate of drug-likeness (QED) is 0.216. The van der Waals surface area contributed by atoms with Crippen LogP contribution in [0.4, 0.5) is 11.4 Å². The Kier molecular flexibility index (Phi) is 9.30. The summed E-state index contributed by atoms with van der Waals surface area (Å²) >= 11 is 3.45. The number of hydrogen-bond acceptors (Lipinski definition) is 3. The fourth-order valence-corrected chi connectivity index (χ4v) is 5.77. The summed E-state index contributed by atoms with van der Waals surface area (Å²) in [5, 5.41) is 6.08. The molecule has 4 aromatic carbocycles. The number of hydrogen-bond donors (Lipinski definition) is 2. The number of nitrogens with one attached hydrogen (secondary N) is 2. The van der Waals surface area contributed by atoms with Crippen LogP contribution in [0.1, 0.15) is 44.7 Å². The zero-order chi connectivity index (χ0) is 27.7. The first-order valence-electron chi connectivity index (χ1n) is 13.9. The van der Waals surface area contributed by atoms with E-state index in [1.165, 1.54) is 11.1 Å². The van der Waals surface area contributed by atoms with Gasteiger partial charge in [-0.15, -0.1) is 0 Å².